The largest absolute Gasteiger partial charge is 0.306 e. The molecule has 0 saturated heterocycles. The molecular weight excluding hydrogens is 284 g/mol. The van der Waals surface area contributed by atoms with Crippen LogP contribution in [0, 0.1) is 0 Å². The zero-order valence-corrected chi connectivity index (χ0v) is 12.7. The molecule has 0 saturated carbocycles. The van der Waals surface area contributed by atoms with Crippen LogP contribution in [0.2, 0.25) is 0 Å². The molecule has 0 radical (unpaired) electrons. The standard InChI is InChI=1S/C17H20N2O.ClH/c20-17(13-18-11-15-7-3-1-4-8-15)14-19-12-16-9-5-2-6-10-16;/h1-10,18-19H,11-14H2;1H. The van der Waals surface area contributed by atoms with Crippen LogP contribution in [0.5, 0.6) is 0 Å². The Labute approximate surface area is 132 Å². The smallest absolute Gasteiger partial charge is 0.160 e. The SMILES string of the molecule is Cl.O=C(CNCc1ccccc1)CNCc1ccccc1. The van der Waals surface area contributed by atoms with E-state index in [1.165, 1.54) is 11.1 Å². The molecule has 4 heteroatoms. The molecule has 0 aliphatic rings. The van der Waals surface area contributed by atoms with Crippen LogP contribution in [-0.2, 0) is 17.9 Å². The minimum Gasteiger partial charge on any atom is -0.306 e. The van der Waals surface area contributed by atoms with Gasteiger partial charge in [-0.3, -0.25) is 4.79 Å². The highest BCUT2D eigenvalue weighted by molar-refractivity contribution is 5.85. The molecule has 0 aromatic heterocycles. The summed E-state index contributed by atoms with van der Waals surface area (Å²) in [6, 6.07) is 20.2. The highest BCUT2D eigenvalue weighted by Gasteiger charge is 2.01. The maximum absolute atomic E-state index is 11.7. The lowest BCUT2D eigenvalue weighted by Gasteiger charge is -2.06. The molecule has 0 spiro atoms. The van der Waals surface area contributed by atoms with E-state index in [1.807, 2.05) is 60.7 Å². The number of nitrogens with one attached hydrogen (secondary N) is 2. The van der Waals surface area contributed by atoms with Gasteiger partial charge in [-0.15, -0.1) is 12.4 Å². The second-order valence-electron chi connectivity index (χ2n) is 4.72. The summed E-state index contributed by atoms with van der Waals surface area (Å²) in [6.45, 7) is 2.25. The van der Waals surface area contributed by atoms with Gasteiger partial charge in [0.1, 0.15) is 0 Å². The number of carbonyl (C=O) groups excluding carboxylic acids is 1. The quantitative estimate of drug-likeness (QED) is 0.787. The monoisotopic (exact) mass is 304 g/mol. The van der Waals surface area contributed by atoms with Crippen LogP contribution in [0.4, 0.5) is 0 Å². The van der Waals surface area contributed by atoms with Crippen molar-refractivity contribution in [3.05, 3.63) is 71.8 Å². The predicted molar refractivity (Wildman–Crippen MR) is 88.6 cm³/mol. The fourth-order valence-electron chi connectivity index (χ4n) is 1.95. The highest BCUT2D eigenvalue weighted by atomic mass is 35.5. The summed E-state index contributed by atoms with van der Waals surface area (Å²) in [5.74, 6) is 0.178. The number of rotatable bonds is 8. The van der Waals surface area contributed by atoms with Crippen LogP contribution in [0.1, 0.15) is 11.1 Å². The van der Waals surface area contributed by atoms with Crippen LogP contribution in [-0.4, -0.2) is 18.9 Å². The van der Waals surface area contributed by atoms with Gasteiger partial charge in [-0.25, -0.2) is 0 Å². The zero-order valence-electron chi connectivity index (χ0n) is 11.9. The van der Waals surface area contributed by atoms with Crippen LogP contribution >= 0.6 is 12.4 Å². The van der Waals surface area contributed by atoms with Crippen LogP contribution in [0.25, 0.3) is 0 Å². The van der Waals surface area contributed by atoms with Gasteiger partial charge in [0, 0.05) is 13.1 Å². The van der Waals surface area contributed by atoms with E-state index < -0.39 is 0 Å². The van der Waals surface area contributed by atoms with Gasteiger partial charge in [0.05, 0.1) is 13.1 Å². The van der Waals surface area contributed by atoms with E-state index >= 15 is 0 Å². The number of benzene rings is 2. The van der Waals surface area contributed by atoms with E-state index in [2.05, 4.69) is 10.6 Å². The molecule has 0 aliphatic carbocycles. The van der Waals surface area contributed by atoms with Crippen LogP contribution in [0.3, 0.4) is 0 Å². The van der Waals surface area contributed by atoms with Gasteiger partial charge >= 0.3 is 0 Å². The summed E-state index contributed by atoms with van der Waals surface area (Å²) in [5, 5.41) is 6.32. The first-order valence-corrected chi connectivity index (χ1v) is 6.85. The van der Waals surface area contributed by atoms with Crippen LogP contribution < -0.4 is 10.6 Å². The first-order chi connectivity index (χ1) is 9.84. The van der Waals surface area contributed by atoms with Crippen molar-refractivity contribution < 1.29 is 4.79 Å². The fraction of sp³-hybridized carbons (Fsp3) is 0.235. The molecule has 3 nitrogen and oxygen atoms in total. The lowest BCUT2D eigenvalue weighted by Crippen LogP contribution is -2.31. The van der Waals surface area contributed by atoms with Gasteiger partial charge in [0.2, 0.25) is 0 Å². The Kier molecular flexibility index (Phi) is 8.36. The van der Waals surface area contributed by atoms with Gasteiger partial charge < -0.3 is 10.6 Å². The summed E-state index contributed by atoms with van der Waals surface area (Å²) in [7, 11) is 0. The Morgan fingerprint density at radius 2 is 1.10 bits per heavy atom. The molecule has 0 unspecified atom stereocenters. The van der Waals surface area contributed by atoms with Gasteiger partial charge in [-0.1, -0.05) is 60.7 Å². The second-order valence-corrected chi connectivity index (χ2v) is 4.72. The Balaban J connectivity index is 0.00000220. The van der Waals surface area contributed by atoms with E-state index in [0.717, 1.165) is 13.1 Å². The Morgan fingerprint density at radius 1 is 0.714 bits per heavy atom. The molecule has 0 bridgehead atoms. The fourth-order valence-corrected chi connectivity index (χ4v) is 1.95. The van der Waals surface area contributed by atoms with Crippen molar-refractivity contribution in [2.45, 2.75) is 13.1 Å². The van der Waals surface area contributed by atoms with Gasteiger partial charge in [0.25, 0.3) is 0 Å². The topological polar surface area (TPSA) is 41.1 Å². The Morgan fingerprint density at radius 3 is 1.48 bits per heavy atom. The number of ketones is 1. The molecular formula is C17H21ClN2O. The van der Waals surface area contributed by atoms with Crippen molar-refractivity contribution in [2.75, 3.05) is 13.1 Å². The summed E-state index contributed by atoms with van der Waals surface area (Å²) in [4.78, 5) is 11.7. The number of Topliss-reactive ketones (excluding diaryl/α,β-unsaturated/α-hetero) is 1. The number of halogens is 1. The van der Waals surface area contributed by atoms with Crippen molar-refractivity contribution in [1.82, 2.24) is 10.6 Å². The summed E-state index contributed by atoms with van der Waals surface area (Å²) >= 11 is 0. The minimum atomic E-state index is 0. The molecule has 21 heavy (non-hydrogen) atoms. The van der Waals surface area contributed by atoms with Gasteiger partial charge in [-0.2, -0.15) is 0 Å². The Bertz CT molecular complexity index is 469. The average Bonchev–Trinajstić information content (AvgIpc) is 2.49. The highest BCUT2D eigenvalue weighted by Crippen LogP contribution is 1.97. The summed E-state index contributed by atoms with van der Waals surface area (Å²) < 4.78 is 0. The first kappa shape index (κ1) is 17.4. The predicted octanol–water partition coefficient (Wildman–Crippen LogP) is 2.56. The van der Waals surface area contributed by atoms with E-state index in [-0.39, 0.29) is 18.2 Å². The molecule has 0 aliphatic heterocycles. The summed E-state index contributed by atoms with van der Waals surface area (Å²) in [5.41, 5.74) is 2.38. The number of hydrogen-bond donors (Lipinski definition) is 2. The van der Waals surface area contributed by atoms with E-state index in [0.29, 0.717) is 13.1 Å². The third-order valence-electron chi connectivity index (χ3n) is 2.99. The maximum Gasteiger partial charge on any atom is 0.160 e. The minimum absolute atomic E-state index is 0. The first-order valence-electron chi connectivity index (χ1n) is 6.85. The summed E-state index contributed by atoms with van der Waals surface area (Å²) in [6.07, 6.45) is 0. The molecule has 0 atom stereocenters. The average molecular weight is 305 g/mol. The molecule has 112 valence electrons. The van der Waals surface area contributed by atoms with Gasteiger partial charge in [-0.05, 0) is 11.1 Å². The molecule has 2 rings (SSSR count). The third kappa shape index (κ3) is 7.04. The van der Waals surface area contributed by atoms with E-state index in [9.17, 15) is 4.79 Å². The number of hydrogen-bond acceptors (Lipinski definition) is 3. The normalized spacial score (nSPS) is 9.90. The van der Waals surface area contributed by atoms with Crippen molar-refractivity contribution >= 4 is 18.2 Å². The third-order valence-corrected chi connectivity index (χ3v) is 2.99. The Hall–Kier alpha value is -1.68. The maximum atomic E-state index is 11.7. The number of carbonyl (C=O) groups is 1. The molecule has 2 aromatic rings. The zero-order chi connectivity index (χ0) is 14.0. The van der Waals surface area contributed by atoms with Crippen molar-refractivity contribution in [1.29, 1.82) is 0 Å². The van der Waals surface area contributed by atoms with Gasteiger partial charge in [0.15, 0.2) is 5.78 Å². The van der Waals surface area contributed by atoms with Crippen molar-refractivity contribution in [3.63, 3.8) is 0 Å². The van der Waals surface area contributed by atoms with E-state index in [1.54, 1.807) is 0 Å². The van der Waals surface area contributed by atoms with Crippen molar-refractivity contribution in [2.24, 2.45) is 0 Å². The second kappa shape index (κ2) is 10.1. The molecule has 0 fully saturated rings. The van der Waals surface area contributed by atoms with Crippen LogP contribution in [0.15, 0.2) is 60.7 Å². The molecule has 2 aromatic carbocycles. The van der Waals surface area contributed by atoms with E-state index in [4.69, 9.17) is 0 Å². The molecule has 0 amide bonds. The lowest BCUT2D eigenvalue weighted by atomic mass is 10.2. The lowest BCUT2D eigenvalue weighted by molar-refractivity contribution is -0.117. The molecule has 0 heterocycles. The van der Waals surface area contributed by atoms with Crippen molar-refractivity contribution in [3.8, 4) is 0 Å². The molecule has 2 N–H and O–H groups in total.